The van der Waals surface area contributed by atoms with Crippen LogP contribution >= 0.6 is 11.3 Å². The van der Waals surface area contributed by atoms with Gasteiger partial charge in [-0.2, -0.15) is 0 Å². The van der Waals surface area contributed by atoms with Gasteiger partial charge in [0.15, 0.2) is 0 Å². The Morgan fingerprint density at radius 1 is 0.310 bits per heavy atom. The van der Waals surface area contributed by atoms with Crippen molar-refractivity contribution in [3.05, 3.63) is 229 Å². The van der Waals surface area contributed by atoms with Crippen LogP contribution in [0.4, 0.5) is 0 Å². The predicted molar refractivity (Wildman–Crippen MR) is 245 cm³/mol. The van der Waals surface area contributed by atoms with Crippen LogP contribution in [0.3, 0.4) is 0 Å². The summed E-state index contributed by atoms with van der Waals surface area (Å²) in [5.74, 6) is 0. The van der Waals surface area contributed by atoms with E-state index in [4.69, 9.17) is 0 Å². The fraction of sp³-hybridized carbons (Fsp3) is 0.0182. The highest BCUT2D eigenvalue weighted by molar-refractivity contribution is 7.25. The highest BCUT2D eigenvalue weighted by atomic mass is 32.1. The summed E-state index contributed by atoms with van der Waals surface area (Å²) in [6.45, 7) is 0. The Hall–Kier alpha value is -7.20. The number of nitrogens with zero attached hydrogens (tertiary/aromatic N) is 2. The first-order valence-corrected chi connectivity index (χ1v) is 20.8. The SMILES string of the molecule is c1ccc(C2(c3ccccc3)c3cc(-n4c5ccccc5c5ccccc54)ccc3-c3cc4sc5cc(-n6c7ccccc7c7ccccc76)ccc5c4cc32)cc1. The molecule has 3 heteroatoms. The highest BCUT2D eigenvalue weighted by Crippen LogP contribution is 2.58. The van der Waals surface area contributed by atoms with Crippen LogP contribution < -0.4 is 0 Å². The second kappa shape index (κ2) is 11.9. The van der Waals surface area contributed by atoms with E-state index in [-0.39, 0.29) is 0 Å². The molecule has 0 amide bonds. The second-order valence-corrected chi connectivity index (χ2v) is 16.7. The van der Waals surface area contributed by atoms with Crippen LogP contribution in [0.1, 0.15) is 22.3 Å². The number of fused-ring (bicyclic) bond motifs is 12. The van der Waals surface area contributed by atoms with Crippen LogP contribution in [0.15, 0.2) is 206 Å². The van der Waals surface area contributed by atoms with Crippen LogP contribution in [-0.2, 0) is 5.41 Å². The van der Waals surface area contributed by atoms with E-state index < -0.39 is 5.41 Å². The third kappa shape index (κ3) is 4.21. The zero-order valence-electron chi connectivity index (χ0n) is 31.4. The average molecular weight is 755 g/mol. The van der Waals surface area contributed by atoms with E-state index >= 15 is 0 Å². The lowest BCUT2D eigenvalue weighted by Crippen LogP contribution is -2.28. The van der Waals surface area contributed by atoms with Crippen molar-refractivity contribution < 1.29 is 0 Å². The molecule has 2 nitrogen and oxygen atoms in total. The standard InChI is InChI=1S/C55H34N2S/c1-3-15-35(16-4-1)55(36-17-5-2-6-18-36)47-31-37(56-49-23-11-7-19-40(49)41-20-8-12-24-50(41)56)27-29-39(47)45-34-54-46(33-48(45)55)44-30-28-38(32-53(44)58-54)57-51-25-13-9-21-42(51)43-22-10-14-26-52(43)57/h1-34H. The molecule has 0 fully saturated rings. The number of hydrogen-bond acceptors (Lipinski definition) is 1. The normalized spacial score (nSPS) is 13.3. The molecule has 0 N–H and O–H groups in total. The molecule has 0 spiro atoms. The molecule has 1 aliphatic carbocycles. The van der Waals surface area contributed by atoms with Crippen LogP contribution in [0.5, 0.6) is 0 Å². The summed E-state index contributed by atoms with van der Waals surface area (Å²) < 4.78 is 7.48. The summed E-state index contributed by atoms with van der Waals surface area (Å²) >= 11 is 1.90. The van der Waals surface area contributed by atoms with Crippen molar-refractivity contribution in [2.75, 3.05) is 0 Å². The fourth-order valence-corrected chi connectivity index (χ4v) is 11.6. The van der Waals surface area contributed by atoms with Crippen LogP contribution in [0.2, 0.25) is 0 Å². The van der Waals surface area contributed by atoms with Gasteiger partial charge < -0.3 is 9.13 Å². The number of rotatable bonds is 4. The van der Waals surface area contributed by atoms with Crippen LogP contribution in [0.25, 0.3) is 86.3 Å². The molecular formula is C55H34N2S. The minimum atomic E-state index is -0.534. The number of para-hydroxylation sites is 4. The van der Waals surface area contributed by atoms with Crippen molar-refractivity contribution in [2.45, 2.75) is 5.41 Å². The van der Waals surface area contributed by atoms with Gasteiger partial charge in [0.2, 0.25) is 0 Å². The molecule has 0 unspecified atom stereocenters. The molecule has 0 bridgehead atoms. The smallest absolute Gasteiger partial charge is 0.0714 e. The van der Waals surface area contributed by atoms with E-state index in [2.05, 4.69) is 215 Å². The molecule has 0 atom stereocenters. The molecule has 3 heterocycles. The minimum absolute atomic E-state index is 0.534. The van der Waals surface area contributed by atoms with Crippen molar-refractivity contribution in [2.24, 2.45) is 0 Å². The zero-order chi connectivity index (χ0) is 38.0. The first-order chi connectivity index (χ1) is 28.8. The van der Waals surface area contributed by atoms with Crippen molar-refractivity contribution in [1.29, 1.82) is 0 Å². The molecule has 3 aromatic heterocycles. The molecule has 0 aliphatic heterocycles. The highest BCUT2D eigenvalue weighted by Gasteiger charge is 2.46. The molecular weight excluding hydrogens is 721 g/mol. The van der Waals surface area contributed by atoms with Crippen molar-refractivity contribution >= 4 is 75.1 Å². The Morgan fingerprint density at radius 3 is 1.28 bits per heavy atom. The lowest BCUT2D eigenvalue weighted by Gasteiger charge is -2.34. The van der Waals surface area contributed by atoms with Gasteiger partial charge in [0.05, 0.1) is 27.5 Å². The van der Waals surface area contributed by atoms with Crippen molar-refractivity contribution in [1.82, 2.24) is 9.13 Å². The monoisotopic (exact) mass is 754 g/mol. The molecule has 0 saturated carbocycles. The van der Waals surface area contributed by atoms with Crippen LogP contribution in [0, 0.1) is 0 Å². The number of hydrogen-bond donors (Lipinski definition) is 0. The number of benzene rings is 9. The van der Waals surface area contributed by atoms with Gasteiger partial charge in [-0.15, -0.1) is 11.3 Å². The summed E-state index contributed by atoms with van der Waals surface area (Å²) in [4.78, 5) is 0. The second-order valence-electron chi connectivity index (χ2n) is 15.6. The Labute approximate surface area is 339 Å². The third-order valence-corrected chi connectivity index (χ3v) is 13.9. The molecule has 13 rings (SSSR count). The molecule has 1 aliphatic rings. The average Bonchev–Trinajstić information content (AvgIpc) is 4.01. The van der Waals surface area contributed by atoms with Gasteiger partial charge in [-0.25, -0.2) is 0 Å². The summed E-state index contributed by atoms with van der Waals surface area (Å²) in [6.07, 6.45) is 0. The maximum absolute atomic E-state index is 2.53. The quantitative estimate of drug-likeness (QED) is 0.169. The first-order valence-electron chi connectivity index (χ1n) is 20.0. The molecule has 270 valence electrons. The fourth-order valence-electron chi connectivity index (χ4n) is 10.4. The maximum Gasteiger partial charge on any atom is 0.0714 e. The van der Waals surface area contributed by atoms with E-state index in [1.807, 2.05) is 11.3 Å². The van der Waals surface area contributed by atoms with Gasteiger partial charge in [-0.3, -0.25) is 0 Å². The Bertz CT molecular complexity index is 3480. The summed E-state index contributed by atoms with van der Waals surface area (Å²) in [6, 6.07) is 76.8. The Kier molecular flexibility index (Phi) is 6.56. The van der Waals surface area contributed by atoms with Gasteiger partial charge in [0, 0.05) is 53.1 Å². The zero-order valence-corrected chi connectivity index (χ0v) is 32.2. The van der Waals surface area contributed by atoms with Gasteiger partial charge in [-0.05, 0) is 94.0 Å². The summed E-state index contributed by atoms with van der Waals surface area (Å²) in [7, 11) is 0. The van der Waals surface area contributed by atoms with E-state index in [0.29, 0.717) is 0 Å². The molecule has 12 aromatic rings. The third-order valence-electron chi connectivity index (χ3n) is 12.8. The lowest BCUT2D eigenvalue weighted by atomic mass is 9.67. The largest absolute Gasteiger partial charge is 0.309 e. The molecule has 9 aromatic carbocycles. The summed E-state index contributed by atoms with van der Waals surface area (Å²) in [5.41, 5.74) is 14.5. The van der Waals surface area contributed by atoms with Gasteiger partial charge in [-0.1, -0.05) is 146 Å². The van der Waals surface area contributed by atoms with Crippen LogP contribution in [-0.4, -0.2) is 9.13 Å². The van der Waals surface area contributed by atoms with Gasteiger partial charge in [0.25, 0.3) is 0 Å². The maximum atomic E-state index is 2.53. The predicted octanol–water partition coefficient (Wildman–Crippen LogP) is 14.6. The summed E-state index contributed by atoms with van der Waals surface area (Å²) in [5, 5.41) is 7.71. The van der Waals surface area contributed by atoms with Crippen molar-refractivity contribution in [3.63, 3.8) is 0 Å². The lowest BCUT2D eigenvalue weighted by molar-refractivity contribution is 0.768. The van der Waals surface area contributed by atoms with Crippen molar-refractivity contribution in [3.8, 4) is 22.5 Å². The van der Waals surface area contributed by atoms with Gasteiger partial charge >= 0.3 is 0 Å². The Morgan fingerprint density at radius 2 is 0.741 bits per heavy atom. The number of thiophene rings is 1. The van der Waals surface area contributed by atoms with E-state index in [1.165, 1.54) is 109 Å². The van der Waals surface area contributed by atoms with Gasteiger partial charge in [0.1, 0.15) is 0 Å². The van der Waals surface area contributed by atoms with E-state index in [0.717, 1.165) is 0 Å². The Balaban J connectivity index is 1.09. The first kappa shape index (κ1) is 31.9. The topological polar surface area (TPSA) is 9.86 Å². The van der Waals surface area contributed by atoms with E-state index in [1.54, 1.807) is 0 Å². The van der Waals surface area contributed by atoms with E-state index in [9.17, 15) is 0 Å². The molecule has 0 radical (unpaired) electrons. The molecule has 0 saturated heterocycles. The minimum Gasteiger partial charge on any atom is -0.309 e. The number of aromatic nitrogens is 2. The molecule has 58 heavy (non-hydrogen) atoms.